The van der Waals surface area contributed by atoms with Crippen molar-refractivity contribution in [3.8, 4) is 11.5 Å². The summed E-state index contributed by atoms with van der Waals surface area (Å²) in [6.07, 6.45) is 0. The van der Waals surface area contributed by atoms with E-state index in [1.165, 1.54) is 0 Å². The summed E-state index contributed by atoms with van der Waals surface area (Å²) in [6.45, 7) is 3.90. The Morgan fingerprint density at radius 3 is 2.28 bits per heavy atom. The summed E-state index contributed by atoms with van der Waals surface area (Å²) in [5.74, 6) is 1.84. The van der Waals surface area contributed by atoms with E-state index in [4.69, 9.17) is 21.1 Å². The van der Waals surface area contributed by atoms with E-state index in [0.29, 0.717) is 22.8 Å². The fourth-order valence-electron chi connectivity index (χ4n) is 3.38. The van der Waals surface area contributed by atoms with Crippen LogP contribution in [0.15, 0.2) is 71.6 Å². The van der Waals surface area contributed by atoms with Gasteiger partial charge in [-0.1, -0.05) is 30.3 Å². The molecule has 3 aromatic rings. The number of methoxy groups -OCH3 is 2. The van der Waals surface area contributed by atoms with Gasteiger partial charge in [0.2, 0.25) is 5.91 Å². The highest BCUT2D eigenvalue weighted by Gasteiger charge is 2.27. The smallest absolute Gasteiger partial charge is 0.251 e. The number of amides is 2. The van der Waals surface area contributed by atoms with Gasteiger partial charge in [-0.3, -0.25) is 9.59 Å². The lowest BCUT2D eigenvalue weighted by atomic mass is 9.95. The quantitative estimate of drug-likeness (QED) is 0.232. The van der Waals surface area contributed by atoms with Crippen molar-refractivity contribution in [2.75, 3.05) is 25.4 Å². The Morgan fingerprint density at radius 2 is 1.61 bits per heavy atom. The first-order chi connectivity index (χ1) is 17.3. The summed E-state index contributed by atoms with van der Waals surface area (Å²) in [5, 5.41) is 5.95. The molecule has 0 bridgehead atoms. The summed E-state index contributed by atoms with van der Waals surface area (Å²) >= 11 is 7.54. The highest BCUT2D eigenvalue weighted by Crippen LogP contribution is 2.30. The van der Waals surface area contributed by atoms with Gasteiger partial charge in [0.1, 0.15) is 11.5 Å². The Labute approximate surface area is 221 Å². The summed E-state index contributed by atoms with van der Waals surface area (Å²) in [5.41, 5.74) is 2.40. The van der Waals surface area contributed by atoms with Crippen LogP contribution in [0.3, 0.4) is 0 Å². The monoisotopic (exact) mass is 526 g/mol. The summed E-state index contributed by atoms with van der Waals surface area (Å²) in [4.78, 5) is 26.4. The number of ether oxygens (including phenoxy) is 2. The predicted octanol–water partition coefficient (Wildman–Crippen LogP) is 6.13. The van der Waals surface area contributed by atoms with Gasteiger partial charge in [-0.05, 0) is 55.8 Å². The van der Waals surface area contributed by atoms with E-state index < -0.39 is 5.41 Å². The number of carbonyl (C=O) groups is 2. The Hall–Kier alpha value is -3.16. The first-order valence-corrected chi connectivity index (χ1v) is 13.0. The predicted molar refractivity (Wildman–Crippen MR) is 146 cm³/mol. The number of anilines is 1. The van der Waals surface area contributed by atoms with Crippen molar-refractivity contribution in [3.63, 3.8) is 0 Å². The van der Waals surface area contributed by atoms with Crippen molar-refractivity contribution in [1.82, 2.24) is 5.32 Å². The van der Waals surface area contributed by atoms with Crippen molar-refractivity contribution in [2.24, 2.45) is 5.41 Å². The van der Waals surface area contributed by atoms with Gasteiger partial charge < -0.3 is 20.1 Å². The number of halogens is 1. The van der Waals surface area contributed by atoms with Gasteiger partial charge in [-0.25, -0.2) is 0 Å². The maximum Gasteiger partial charge on any atom is 0.251 e. The zero-order valence-electron chi connectivity index (χ0n) is 20.9. The molecule has 0 aliphatic heterocycles. The lowest BCUT2D eigenvalue weighted by molar-refractivity contribution is -0.122. The number of hydrogen-bond donors (Lipinski definition) is 2. The molecule has 36 heavy (non-hydrogen) atoms. The van der Waals surface area contributed by atoms with Gasteiger partial charge in [0.25, 0.3) is 5.91 Å². The molecule has 3 aromatic carbocycles. The van der Waals surface area contributed by atoms with Crippen LogP contribution in [0.4, 0.5) is 5.69 Å². The van der Waals surface area contributed by atoms with Gasteiger partial charge in [0.05, 0.1) is 31.7 Å². The average molecular weight is 527 g/mol. The van der Waals surface area contributed by atoms with Gasteiger partial charge in [0.15, 0.2) is 0 Å². The first-order valence-electron chi connectivity index (χ1n) is 11.5. The molecule has 2 N–H and O–H groups in total. The summed E-state index contributed by atoms with van der Waals surface area (Å²) < 4.78 is 10.8. The fraction of sp³-hybridized carbons (Fsp3) is 0.286. The molecule has 190 valence electrons. The molecule has 0 fully saturated rings. The zero-order valence-corrected chi connectivity index (χ0v) is 22.5. The van der Waals surface area contributed by atoms with Gasteiger partial charge in [-0.15, -0.1) is 23.4 Å². The Bertz CT molecular complexity index is 1190. The molecule has 0 spiro atoms. The zero-order chi connectivity index (χ0) is 26.1. The van der Waals surface area contributed by atoms with Crippen LogP contribution in [-0.2, 0) is 17.1 Å². The lowest BCUT2D eigenvalue weighted by Gasteiger charge is -2.21. The minimum Gasteiger partial charge on any atom is -0.496 e. The molecule has 0 aliphatic carbocycles. The van der Waals surface area contributed by atoms with E-state index >= 15 is 0 Å². The van der Waals surface area contributed by atoms with Crippen molar-refractivity contribution >= 4 is 40.9 Å². The standard InChI is InChI=1S/C28H31ClN2O4S/c1-28(2,18-29)27(33)31-23-12-6-5-9-20(23)17-36-21-11-7-10-19(15-21)26(32)30-16-22-24(34-3)13-8-14-25(22)35-4/h5-15H,16-18H2,1-4H3,(H,30,32)(H,31,33). The Kier molecular flexibility index (Phi) is 9.67. The molecule has 0 saturated heterocycles. The molecule has 0 aromatic heterocycles. The molecular weight excluding hydrogens is 496 g/mol. The van der Waals surface area contributed by atoms with Crippen molar-refractivity contribution < 1.29 is 19.1 Å². The number of para-hydroxylation sites is 1. The third kappa shape index (κ3) is 6.95. The maximum atomic E-state index is 12.9. The third-order valence-electron chi connectivity index (χ3n) is 5.66. The van der Waals surface area contributed by atoms with Crippen LogP contribution in [0.5, 0.6) is 11.5 Å². The van der Waals surface area contributed by atoms with Crippen LogP contribution in [-0.4, -0.2) is 31.9 Å². The van der Waals surface area contributed by atoms with E-state index in [2.05, 4.69) is 10.6 Å². The normalized spacial score (nSPS) is 11.0. The average Bonchev–Trinajstić information content (AvgIpc) is 2.90. The highest BCUT2D eigenvalue weighted by molar-refractivity contribution is 7.98. The molecule has 0 radical (unpaired) electrons. The molecule has 2 amide bonds. The van der Waals surface area contributed by atoms with Crippen molar-refractivity contribution in [3.05, 3.63) is 83.4 Å². The Morgan fingerprint density at radius 1 is 0.944 bits per heavy atom. The molecular formula is C28H31ClN2O4S. The number of carbonyl (C=O) groups excluding carboxylic acids is 2. The number of hydrogen-bond acceptors (Lipinski definition) is 5. The van der Waals surface area contributed by atoms with Crippen LogP contribution in [0.2, 0.25) is 0 Å². The fourth-order valence-corrected chi connectivity index (χ4v) is 4.46. The number of alkyl halides is 1. The number of nitrogens with one attached hydrogen (secondary N) is 2. The second-order valence-electron chi connectivity index (χ2n) is 8.77. The molecule has 6 nitrogen and oxygen atoms in total. The Balaban J connectivity index is 1.67. The molecule has 0 heterocycles. The van der Waals surface area contributed by atoms with E-state index in [0.717, 1.165) is 21.7 Å². The van der Waals surface area contributed by atoms with Crippen molar-refractivity contribution in [1.29, 1.82) is 0 Å². The van der Waals surface area contributed by atoms with Crippen LogP contribution in [0, 0.1) is 5.41 Å². The van der Waals surface area contributed by atoms with Crippen molar-refractivity contribution in [2.45, 2.75) is 31.0 Å². The largest absolute Gasteiger partial charge is 0.496 e. The number of benzene rings is 3. The number of rotatable bonds is 11. The SMILES string of the molecule is COc1cccc(OC)c1CNC(=O)c1cccc(SCc2ccccc2NC(=O)C(C)(C)CCl)c1. The third-order valence-corrected chi connectivity index (χ3v) is 7.37. The molecule has 0 aliphatic rings. The minimum absolute atomic E-state index is 0.125. The second-order valence-corrected chi connectivity index (χ2v) is 10.1. The second kappa shape index (κ2) is 12.7. The molecule has 0 atom stereocenters. The summed E-state index contributed by atoms with van der Waals surface area (Å²) in [7, 11) is 3.17. The van der Waals surface area contributed by atoms with E-state index in [9.17, 15) is 9.59 Å². The molecule has 0 unspecified atom stereocenters. The molecule has 8 heteroatoms. The van der Waals surface area contributed by atoms with E-state index in [1.54, 1.807) is 32.0 Å². The highest BCUT2D eigenvalue weighted by atomic mass is 35.5. The van der Waals surface area contributed by atoms with Crippen LogP contribution in [0.1, 0.15) is 35.3 Å². The van der Waals surface area contributed by atoms with E-state index in [-0.39, 0.29) is 24.2 Å². The topological polar surface area (TPSA) is 76.7 Å². The van der Waals surface area contributed by atoms with E-state index in [1.807, 2.05) is 74.5 Å². The van der Waals surface area contributed by atoms with Crippen LogP contribution in [0.25, 0.3) is 0 Å². The van der Waals surface area contributed by atoms with Crippen LogP contribution >= 0.6 is 23.4 Å². The van der Waals surface area contributed by atoms with Gasteiger partial charge in [0, 0.05) is 27.8 Å². The minimum atomic E-state index is -0.669. The number of thioether (sulfide) groups is 1. The first kappa shape index (κ1) is 27.4. The molecule has 0 saturated carbocycles. The summed E-state index contributed by atoms with van der Waals surface area (Å²) in [6, 6.07) is 20.6. The maximum absolute atomic E-state index is 12.9. The van der Waals surface area contributed by atoms with Gasteiger partial charge in [-0.2, -0.15) is 0 Å². The van der Waals surface area contributed by atoms with Gasteiger partial charge >= 0.3 is 0 Å². The molecule has 3 rings (SSSR count). The van der Waals surface area contributed by atoms with Crippen LogP contribution < -0.4 is 20.1 Å². The lowest BCUT2D eigenvalue weighted by Crippen LogP contribution is -2.32.